The second kappa shape index (κ2) is 5.09. The topological polar surface area (TPSA) is 96.2 Å². The Balaban J connectivity index is 2.62. The zero-order valence-electron chi connectivity index (χ0n) is 9.42. The summed E-state index contributed by atoms with van der Waals surface area (Å²) in [7, 11) is 0. The van der Waals surface area contributed by atoms with Crippen molar-refractivity contribution in [1.82, 2.24) is 0 Å². The smallest absolute Gasteiger partial charge is 0.335 e. The van der Waals surface area contributed by atoms with Crippen molar-refractivity contribution >= 4 is 5.97 Å². The van der Waals surface area contributed by atoms with Gasteiger partial charge < -0.3 is 24.8 Å². The highest BCUT2D eigenvalue weighted by Gasteiger charge is 2.44. The van der Waals surface area contributed by atoms with Gasteiger partial charge in [0.15, 0.2) is 11.9 Å². The molecule has 0 aromatic heterocycles. The molecule has 3 unspecified atom stereocenters. The van der Waals surface area contributed by atoms with Gasteiger partial charge in [0, 0.05) is 0 Å². The molecule has 94 valence electrons. The maximum atomic E-state index is 10.5. The van der Waals surface area contributed by atoms with Crippen LogP contribution in [0, 0.1) is 0 Å². The molecular formula is C10H18O6. The zero-order chi connectivity index (χ0) is 12.3. The van der Waals surface area contributed by atoms with E-state index in [0.29, 0.717) is 12.8 Å². The molecule has 1 rings (SSSR count). The number of hydrogen-bond acceptors (Lipinski definition) is 5. The van der Waals surface area contributed by atoms with Crippen LogP contribution < -0.4 is 0 Å². The van der Waals surface area contributed by atoms with Gasteiger partial charge in [-0.15, -0.1) is 0 Å². The first-order valence-electron chi connectivity index (χ1n) is 5.36. The van der Waals surface area contributed by atoms with Crippen LogP contribution in [0.3, 0.4) is 0 Å². The van der Waals surface area contributed by atoms with Gasteiger partial charge in [-0.2, -0.15) is 0 Å². The average molecular weight is 234 g/mol. The van der Waals surface area contributed by atoms with E-state index in [9.17, 15) is 15.0 Å². The monoisotopic (exact) mass is 234 g/mol. The van der Waals surface area contributed by atoms with Crippen LogP contribution in [0.25, 0.3) is 0 Å². The molecule has 0 aromatic carbocycles. The van der Waals surface area contributed by atoms with Gasteiger partial charge in [-0.3, -0.25) is 0 Å². The van der Waals surface area contributed by atoms with Crippen molar-refractivity contribution in [2.24, 2.45) is 0 Å². The maximum Gasteiger partial charge on any atom is 0.335 e. The lowest BCUT2D eigenvalue weighted by Gasteiger charge is -2.26. The lowest BCUT2D eigenvalue weighted by Crippen LogP contribution is -2.44. The molecule has 16 heavy (non-hydrogen) atoms. The molecule has 6 nitrogen and oxygen atoms in total. The Morgan fingerprint density at radius 3 is 2.38 bits per heavy atom. The summed E-state index contributed by atoms with van der Waals surface area (Å²) in [5.74, 6) is -2.23. The molecule has 0 radical (unpaired) electrons. The molecule has 0 amide bonds. The first-order chi connectivity index (χ1) is 7.45. The van der Waals surface area contributed by atoms with Crippen LogP contribution in [0.5, 0.6) is 0 Å². The highest BCUT2D eigenvalue weighted by Crippen LogP contribution is 2.31. The van der Waals surface area contributed by atoms with Crippen LogP contribution >= 0.6 is 0 Å². The van der Waals surface area contributed by atoms with E-state index in [1.54, 1.807) is 0 Å². The van der Waals surface area contributed by atoms with Crippen molar-refractivity contribution in [1.29, 1.82) is 0 Å². The fourth-order valence-corrected chi connectivity index (χ4v) is 1.72. The van der Waals surface area contributed by atoms with Gasteiger partial charge in [0.2, 0.25) is 0 Å². The Bertz CT molecular complexity index is 250. The van der Waals surface area contributed by atoms with Crippen LogP contribution in [0.4, 0.5) is 0 Å². The minimum atomic E-state index is -1.85. The number of aliphatic hydroxyl groups is 2. The van der Waals surface area contributed by atoms with Crippen molar-refractivity contribution < 1.29 is 29.6 Å². The van der Waals surface area contributed by atoms with Crippen molar-refractivity contribution in [3.05, 3.63) is 0 Å². The third-order valence-electron chi connectivity index (χ3n) is 2.91. The van der Waals surface area contributed by atoms with Crippen LogP contribution in [0.1, 0.15) is 26.7 Å². The lowest BCUT2D eigenvalue weighted by atomic mass is 10.1. The largest absolute Gasteiger partial charge is 0.479 e. The molecule has 1 saturated heterocycles. The Morgan fingerprint density at radius 2 is 2.00 bits per heavy atom. The van der Waals surface area contributed by atoms with E-state index in [0.717, 1.165) is 0 Å². The van der Waals surface area contributed by atoms with E-state index in [2.05, 4.69) is 0 Å². The highest BCUT2D eigenvalue weighted by molar-refractivity contribution is 5.72. The molecule has 6 heteroatoms. The van der Waals surface area contributed by atoms with Crippen LogP contribution in [0.2, 0.25) is 0 Å². The van der Waals surface area contributed by atoms with E-state index in [4.69, 9.17) is 14.6 Å². The second-order valence-corrected chi connectivity index (χ2v) is 3.86. The van der Waals surface area contributed by atoms with Gasteiger partial charge in [-0.05, 0) is 12.8 Å². The number of carbonyl (C=O) groups is 1. The molecule has 1 heterocycles. The Hall–Kier alpha value is -0.690. The van der Waals surface area contributed by atoms with E-state index < -0.39 is 30.1 Å². The van der Waals surface area contributed by atoms with Gasteiger partial charge in [0.25, 0.3) is 0 Å². The van der Waals surface area contributed by atoms with Crippen molar-refractivity contribution in [3.63, 3.8) is 0 Å². The Labute approximate surface area is 93.8 Å². The Morgan fingerprint density at radius 1 is 1.44 bits per heavy atom. The molecule has 1 fully saturated rings. The van der Waals surface area contributed by atoms with Crippen LogP contribution in [-0.4, -0.2) is 52.0 Å². The molecule has 3 atom stereocenters. The lowest BCUT2D eigenvalue weighted by molar-refractivity contribution is -0.191. The molecule has 0 saturated carbocycles. The summed E-state index contributed by atoms with van der Waals surface area (Å²) in [5, 5.41) is 27.3. The normalized spacial score (nSPS) is 27.6. The number of aliphatic carboxylic acids is 1. The molecule has 0 spiro atoms. The third kappa shape index (κ3) is 2.52. The van der Waals surface area contributed by atoms with Crippen molar-refractivity contribution in [3.8, 4) is 0 Å². The summed E-state index contributed by atoms with van der Waals surface area (Å²) >= 11 is 0. The summed E-state index contributed by atoms with van der Waals surface area (Å²) in [6.45, 7) is 3.85. The fourth-order valence-electron chi connectivity index (χ4n) is 1.72. The number of carboxylic acids is 1. The molecule has 1 aliphatic heterocycles. The molecular weight excluding hydrogens is 216 g/mol. The fraction of sp³-hybridized carbons (Fsp3) is 0.900. The standard InChI is InChI=1S/C10H18O6/c1-3-10(4-2)15-5-6(16-10)7(11)8(12)9(13)14/h6-8,11-12H,3-5H2,1-2H3,(H,13,14). The van der Waals surface area contributed by atoms with E-state index in [1.807, 2.05) is 13.8 Å². The first-order valence-corrected chi connectivity index (χ1v) is 5.36. The van der Waals surface area contributed by atoms with Gasteiger partial charge >= 0.3 is 5.97 Å². The second-order valence-electron chi connectivity index (χ2n) is 3.86. The Kier molecular flexibility index (Phi) is 4.26. The number of carboxylic acid groups (broad SMARTS) is 1. The summed E-state index contributed by atoms with van der Waals surface area (Å²) in [6, 6.07) is 0. The van der Waals surface area contributed by atoms with E-state index >= 15 is 0 Å². The summed E-state index contributed by atoms with van der Waals surface area (Å²) in [4.78, 5) is 10.5. The summed E-state index contributed by atoms with van der Waals surface area (Å²) in [5.41, 5.74) is 0. The van der Waals surface area contributed by atoms with Gasteiger partial charge in [-0.25, -0.2) is 4.79 Å². The van der Waals surface area contributed by atoms with Gasteiger partial charge in [0.05, 0.1) is 6.61 Å². The van der Waals surface area contributed by atoms with E-state index in [1.165, 1.54) is 0 Å². The minimum absolute atomic E-state index is 0.0905. The average Bonchev–Trinajstić information content (AvgIpc) is 2.72. The van der Waals surface area contributed by atoms with Crippen LogP contribution in [0.15, 0.2) is 0 Å². The minimum Gasteiger partial charge on any atom is -0.479 e. The molecule has 3 N–H and O–H groups in total. The van der Waals surface area contributed by atoms with Gasteiger partial charge in [0.1, 0.15) is 12.2 Å². The number of aliphatic hydroxyl groups excluding tert-OH is 2. The molecule has 1 aliphatic rings. The zero-order valence-corrected chi connectivity index (χ0v) is 9.42. The maximum absolute atomic E-state index is 10.5. The predicted octanol–water partition coefficient (Wildman–Crippen LogP) is -0.276. The first kappa shape index (κ1) is 13.4. The SMILES string of the molecule is CCC1(CC)OCC(C(O)C(O)C(=O)O)O1. The number of rotatable bonds is 5. The highest BCUT2D eigenvalue weighted by atomic mass is 16.7. The molecule has 0 aromatic rings. The third-order valence-corrected chi connectivity index (χ3v) is 2.91. The van der Waals surface area contributed by atoms with E-state index in [-0.39, 0.29) is 6.61 Å². The van der Waals surface area contributed by atoms with Crippen molar-refractivity contribution in [2.75, 3.05) is 6.61 Å². The summed E-state index contributed by atoms with van der Waals surface area (Å²) < 4.78 is 10.9. The predicted molar refractivity (Wildman–Crippen MR) is 53.8 cm³/mol. The number of ether oxygens (including phenoxy) is 2. The van der Waals surface area contributed by atoms with Gasteiger partial charge in [-0.1, -0.05) is 13.8 Å². The quantitative estimate of drug-likeness (QED) is 0.605. The summed E-state index contributed by atoms with van der Waals surface area (Å²) in [6.07, 6.45) is -2.91. The van der Waals surface area contributed by atoms with Crippen LogP contribution in [-0.2, 0) is 14.3 Å². The number of hydrogen-bond donors (Lipinski definition) is 3. The molecule has 0 bridgehead atoms. The molecule has 0 aliphatic carbocycles. The van der Waals surface area contributed by atoms with Crippen molar-refractivity contribution in [2.45, 2.75) is 50.8 Å².